The Hall–Kier alpha value is -1.40. The Balaban J connectivity index is 2.68. The standard InChI is InChI=1S/C9H13N2O5P/c10-8(9(12)13)5-6-1-3-7(4-2-6)16-17(11,14)15/h1-4,8H,5,10H2,(H,12,13)(H3,11,14,15)/t8-/m0/s1. The third kappa shape index (κ3) is 4.97. The summed E-state index contributed by atoms with van der Waals surface area (Å²) >= 11 is 0. The van der Waals surface area contributed by atoms with Crippen LogP contribution < -0.4 is 15.8 Å². The van der Waals surface area contributed by atoms with Gasteiger partial charge in [0.2, 0.25) is 0 Å². The van der Waals surface area contributed by atoms with Crippen LogP contribution in [0.3, 0.4) is 0 Å². The van der Waals surface area contributed by atoms with Gasteiger partial charge in [0.05, 0.1) is 0 Å². The Kier molecular flexibility index (Phi) is 4.25. The molecule has 8 heteroatoms. The first-order valence-corrected chi connectivity index (χ1v) is 6.31. The Bertz CT molecular complexity index is 441. The zero-order valence-electron chi connectivity index (χ0n) is 8.81. The normalized spacial score (nSPS) is 15.9. The zero-order chi connectivity index (χ0) is 13.1. The first kappa shape index (κ1) is 13.7. The van der Waals surface area contributed by atoms with E-state index in [4.69, 9.17) is 21.2 Å². The molecule has 0 heterocycles. The molecule has 7 nitrogen and oxygen atoms in total. The molecule has 2 atom stereocenters. The van der Waals surface area contributed by atoms with Crippen LogP contribution in [0.2, 0.25) is 0 Å². The second-order valence-electron chi connectivity index (χ2n) is 3.45. The number of carboxylic acid groups (broad SMARTS) is 1. The van der Waals surface area contributed by atoms with Crippen LogP contribution in [0, 0.1) is 0 Å². The van der Waals surface area contributed by atoms with Crippen molar-refractivity contribution in [1.82, 2.24) is 0 Å². The van der Waals surface area contributed by atoms with Crippen LogP contribution >= 0.6 is 7.75 Å². The summed E-state index contributed by atoms with van der Waals surface area (Å²) in [6.07, 6.45) is 0.162. The minimum Gasteiger partial charge on any atom is -0.480 e. The van der Waals surface area contributed by atoms with E-state index in [-0.39, 0.29) is 12.2 Å². The van der Waals surface area contributed by atoms with Gasteiger partial charge in [-0.05, 0) is 24.1 Å². The molecule has 1 unspecified atom stereocenters. The summed E-state index contributed by atoms with van der Waals surface area (Å²) < 4.78 is 15.3. The molecule has 6 N–H and O–H groups in total. The smallest absolute Gasteiger partial charge is 0.453 e. The van der Waals surface area contributed by atoms with Gasteiger partial charge in [0.15, 0.2) is 0 Å². The summed E-state index contributed by atoms with van der Waals surface area (Å²) in [5, 5.41) is 8.61. The summed E-state index contributed by atoms with van der Waals surface area (Å²) in [6.45, 7) is 0. The molecule has 17 heavy (non-hydrogen) atoms. The predicted molar refractivity (Wildman–Crippen MR) is 60.4 cm³/mol. The van der Waals surface area contributed by atoms with Crippen molar-refractivity contribution in [2.75, 3.05) is 0 Å². The number of aliphatic carboxylic acids is 1. The molecule has 1 aromatic carbocycles. The zero-order valence-corrected chi connectivity index (χ0v) is 9.71. The highest BCUT2D eigenvalue weighted by molar-refractivity contribution is 7.50. The summed E-state index contributed by atoms with van der Waals surface area (Å²) in [4.78, 5) is 19.3. The summed E-state index contributed by atoms with van der Waals surface area (Å²) in [5.41, 5.74) is 10.8. The average Bonchev–Trinajstić information content (AvgIpc) is 2.18. The van der Waals surface area contributed by atoms with Crippen molar-refractivity contribution >= 4 is 13.7 Å². The van der Waals surface area contributed by atoms with Crippen molar-refractivity contribution in [1.29, 1.82) is 0 Å². The first-order valence-electron chi connectivity index (χ1n) is 4.66. The molecule has 1 rings (SSSR count). The van der Waals surface area contributed by atoms with E-state index in [1.165, 1.54) is 12.1 Å². The molecule has 0 spiro atoms. The maximum atomic E-state index is 10.7. The maximum Gasteiger partial charge on any atom is 0.453 e. The summed E-state index contributed by atoms with van der Waals surface area (Å²) in [5.74, 6) is -0.960. The molecule has 0 saturated carbocycles. The second kappa shape index (κ2) is 5.29. The van der Waals surface area contributed by atoms with Gasteiger partial charge in [-0.25, -0.2) is 10.1 Å². The van der Waals surface area contributed by atoms with Gasteiger partial charge in [-0.2, -0.15) is 0 Å². The van der Waals surface area contributed by atoms with Crippen molar-refractivity contribution in [2.45, 2.75) is 12.5 Å². The number of hydrogen-bond acceptors (Lipinski definition) is 4. The van der Waals surface area contributed by atoms with Gasteiger partial charge in [0.1, 0.15) is 11.8 Å². The fourth-order valence-electron chi connectivity index (χ4n) is 1.18. The highest BCUT2D eigenvalue weighted by Crippen LogP contribution is 2.33. The van der Waals surface area contributed by atoms with Gasteiger partial charge in [-0.1, -0.05) is 12.1 Å². The molecule has 0 radical (unpaired) electrons. The van der Waals surface area contributed by atoms with Crippen LogP contribution in [0.1, 0.15) is 5.56 Å². The maximum absolute atomic E-state index is 10.7. The van der Waals surface area contributed by atoms with Gasteiger partial charge in [0, 0.05) is 0 Å². The highest BCUT2D eigenvalue weighted by atomic mass is 31.2. The van der Waals surface area contributed by atoms with E-state index in [0.29, 0.717) is 5.56 Å². The number of carbonyl (C=O) groups is 1. The molecule has 1 aromatic rings. The molecule has 0 bridgehead atoms. The summed E-state index contributed by atoms with van der Waals surface area (Å²) in [6, 6.07) is 4.95. The molecular weight excluding hydrogens is 247 g/mol. The van der Waals surface area contributed by atoms with Crippen molar-refractivity contribution in [3.8, 4) is 5.75 Å². The van der Waals surface area contributed by atoms with Crippen molar-refractivity contribution in [3.05, 3.63) is 29.8 Å². The lowest BCUT2D eigenvalue weighted by atomic mass is 10.1. The van der Waals surface area contributed by atoms with E-state index in [1.807, 2.05) is 0 Å². The lowest BCUT2D eigenvalue weighted by Crippen LogP contribution is -2.32. The fraction of sp³-hybridized carbons (Fsp3) is 0.222. The Labute approximate surface area is 97.6 Å². The molecule has 94 valence electrons. The minimum atomic E-state index is -4.06. The average molecular weight is 260 g/mol. The fourth-order valence-corrected chi connectivity index (χ4v) is 1.60. The third-order valence-electron chi connectivity index (χ3n) is 1.93. The Morgan fingerprint density at radius 1 is 1.41 bits per heavy atom. The number of nitrogens with two attached hydrogens (primary N) is 2. The van der Waals surface area contributed by atoms with E-state index in [9.17, 15) is 9.36 Å². The molecule has 0 aliphatic rings. The molecule has 0 saturated heterocycles. The lowest BCUT2D eigenvalue weighted by molar-refractivity contribution is -0.138. The number of benzene rings is 1. The Morgan fingerprint density at radius 2 is 1.94 bits per heavy atom. The number of hydrogen-bond donors (Lipinski definition) is 4. The van der Waals surface area contributed by atoms with Crippen molar-refractivity contribution < 1.29 is 23.9 Å². The van der Waals surface area contributed by atoms with Crippen LogP contribution in [0.15, 0.2) is 24.3 Å². The van der Waals surface area contributed by atoms with Gasteiger partial charge in [-0.15, -0.1) is 0 Å². The quantitative estimate of drug-likeness (QED) is 0.550. The van der Waals surface area contributed by atoms with Crippen LogP contribution in [0.5, 0.6) is 5.75 Å². The third-order valence-corrected chi connectivity index (χ3v) is 2.40. The van der Waals surface area contributed by atoms with E-state index < -0.39 is 19.8 Å². The molecule has 0 aliphatic carbocycles. The minimum absolute atomic E-state index is 0.131. The predicted octanol–water partition coefficient (Wildman–Crippen LogP) is 0.0789. The van der Waals surface area contributed by atoms with E-state index in [2.05, 4.69) is 4.52 Å². The number of carboxylic acids is 1. The van der Waals surface area contributed by atoms with E-state index >= 15 is 0 Å². The van der Waals surface area contributed by atoms with Crippen LogP contribution in [0.4, 0.5) is 0 Å². The van der Waals surface area contributed by atoms with Crippen LogP contribution in [0.25, 0.3) is 0 Å². The van der Waals surface area contributed by atoms with Gasteiger partial charge >= 0.3 is 13.7 Å². The Morgan fingerprint density at radius 3 is 2.35 bits per heavy atom. The lowest BCUT2D eigenvalue weighted by Gasteiger charge is -2.09. The van der Waals surface area contributed by atoms with Crippen molar-refractivity contribution in [2.24, 2.45) is 11.2 Å². The topological polar surface area (TPSA) is 136 Å². The first-order chi connectivity index (χ1) is 7.78. The molecule has 0 aliphatic heterocycles. The van der Waals surface area contributed by atoms with Crippen molar-refractivity contribution in [3.63, 3.8) is 0 Å². The monoisotopic (exact) mass is 260 g/mol. The van der Waals surface area contributed by atoms with Gasteiger partial charge in [-0.3, -0.25) is 4.79 Å². The SMILES string of the molecule is N[C@@H](Cc1ccc(OP(N)(=O)O)cc1)C(=O)O. The van der Waals surface area contributed by atoms with Crippen LogP contribution in [-0.2, 0) is 15.8 Å². The van der Waals surface area contributed by atoms with Crippen LogP contribution in [-0.4, -0.2) is 22.0 Å². The van der Waals surface area contributed by atoms with Gasteiger partial charge < -0.3 is 20.3 Å². The number of rotatable bonds is 5. The molecular formula is C9H13N2O5P. The van der Waals surface area contributed by atoms with Gasteiger partial charge in [0.25, 0.3) is 0 Å². The highest BCUT2D eigenvalue weighted by Gasteiger charge is 2.14. The van der Waals surface area contributed by atoms with E-state index in [1.54, 1.807) is 12.1 Å². The largest absolute Gasteiger partial charge is 0.480 e. The molecule has 0 aromatic heterocycles. The molecule has 0 amide bonds. The van der Waals surface area contributed by atoms with E-state index in [0.717, 1.165) is 0 Å². The summed E-state index contributed by atoms with van der Waals surface area (Å²) in [7, 11) is -4.06. The second-order valence-corrected chi connectivity index (χ2v) is 4.76. The molecule has 0 fully saturated rings.